The molecule has 0 bridgehead atoms. The SMILES string of the molecule is NC[C@H](O)c1ccc(F)c(Cl)c1. The third-order valence-corrected chi connectivity index (χ3v) is 1.84. The number of aliphatic hydroxyl groups is 1. The van der Waals surface area contributed by atoms with Crippen LogP contribution in [0.5, 0.6) is 0 Å². The van der Waals surface area contributed by atoms with Crippen molar-refractivity contribution in [1.29, 1.82) is 0 Å². The first-order valence-corrected chi connectivity index (χ1v) is 3.86. The molecule has 0 aromatic heterocycles. The van der Waals surface area contributed by atoms with Crippen molar-refractivity contribution in [1.82, 2.24) is 0 Å². The van der Waals surface area contributed by atoms with E-state index in [0.29, 0.717) is 5.56 Å². The molecule has 1 atom stereocenters. The fraction of sp³-hybridized carbons (Fsp3) is 0.250. The molecule has 0 aliphatic carbocycles. The summed E-state index contributed by atoms with van der Waals surface area (Å²) in [6, 6.07) is 4.03. The van der Waals surface area contributed by atoms with Crippen molar-refractivity contribution in [2.24, 2.45) is 5.73 Å². The Balaban J connectivity index is 2.96. The highest BCUT2D eigenvalue weighted by Crippen LogP contribution is 2.19. The molecular weight excluding hydrogens is 181 g/mol. The van der Waals surface area contributed by atoms with Crippen LogP contribution < -0.4 is 5.73 Å². The summed E-state index contributed by atoms with van der Waals surface area (Å²) in [6.45, 7) is 0.0992. The lowest BCUT2D eigenvalue weighted by Gasteiger charge is -2.07. The summed E-state index contributed by atoms with van der Waals surface area (Å²) in [5, 5.41) is 9.24. The minimum atomic E-state index is -0.775. The van der Waals surface area contributed by atoms with Gasteiger partial charge in [0.2, 0.25) is 0 Å². The summed E-state index contributed by atoms with van der Waals surface area (Å²) in [4.78, 5) is 0. The van der Waals surface area contributed by atoms with E-state index >= 15 is 0 Å². The summed E-state index contributed by atoms with van der Waals surface area (Å²) in [5.41, 5.74) is 5.74. The number of hydrogen-bond donors (Lipinski definition) is 2. The smallest absolute Gasteiger partial charge is 0.141 e. The van der Waals surface area contributed by atoms with E-state index in [1.165, 1.54) is 18.2 Å². The van der Waals surface area contributed by atoms with Gasteiger partial charge in [0, 0.05) is 6.54 Å². The lowest BCUT2D eigenvalue weighted by molar-refractivity contribution is 0.186. The summed E-state index contributed by atoms with van der Waals surface area (Å²) >= 11 is 5.49. The molecule has 0 aliphatic heterocycles. The maximum Gasteiger partial charge on any atom is 0.141 e. The average Bonchev–Trinajstić information content (AvgIpc) is 2.08. The summed E-state index contributed by atoms with van der Waals surface area (Å²) in [7, 11) is 0. The molecule has 1 aromatic rings. The maximum absolute atomic E-state index is 12.6. The fourth-order valence-electron chi connectivity index (χ4n) is 0.856. The van der Waals surface area contributed by atoms with Crippen molar-refractivity contribution >= 4 is 11.6 Å². The van der Waals surface area contributed by atoms with Gasteiger partial charge in [-0.05, 0) is 17.7 Å². The third kappa shape index (κ3) is 1.94. The van der Waals surface area contributed by atoms with Gasteiger partial charge in [-0.15, -0.1) is 0 Å². The number of aliphatic hydroxyl groups excluding tert-OH is 1. The second-order valence-electron chi connectivity index (χ2n) is 2.43. The van der Waals surface area contributed by atoms with Crippen LogP contribution in [0.4, 0.5) is 4.39 Å². The Labute approximate surface area is 74.8 Å². The predicted octanol–water partition coefficient (Wildman–Crippen LogP) is 1.47. The predicted molar refractivity (Wildman–Crippen MR) is 45.4 cm³/mol. The van der Waals surface area contributed by atoms with Crippen molar-refractivity contribution < 1.29 is 9.50 Å². The molecule has 2 nitrogen and oxygen atoms in total. The lowest BCUT2D eigenvalue weighted by atomic mass is 10.1. The van der Waals surface area contributed by atoms with E-state index in [4.69, 9.17) is 17.3 Å². The van der Waals surface area contributed by atoms with Crippen molar-refractivity contribution in [2.45, 2.75) is 6.10 Å². The quantitative estimate of drug-likeness (QED) is 0.740. The molecule has 0 unspecified atom stereocenters. The van der Waals surface area contributed by atoms with Crippen molar-refractivity contribution in [3.05, 3.63) is 34.6 Å². The first-order valence-electron chi connectivity index (χ1n) is 3.48. The topological polar surface area (TPSA) is 46.2 Å². The Morgan fingerprint density at radius 2 is 2.25 bits per heavy atom. The third-order valence-electron chi connectivity index (χ3n) is 1.55. The highest BCUT2D eigenvalue weighted by atomic mass is 35.5. The molecular formula is C8H9ClFNO. The van der Waals surface area contributed by atoms with Crippen LogP contribution in [0.15, 0.2) is 18.2 Å². The van der Waals surface area contributed by atoms with Crippen LogP contribution in [-0.4, -0.2) is 11.7 Å². The largest absolute Gasteiger partial charge is 0.387 e. The van der Waals surface area contributed by atoms with Crippen LogP contribution in [-0.2, 0) is 0 Å². The van der Waals surface area contributed by atoms with Crippen molar-refractivity contribution in [3.63, 3.8) is 0 Å². The van der Waals surface area contributed by atoms with Crippen LogP contribution in [0.1, 0.15) is 11.7 Å². The van der Waals surface area contributed by atoms with Gasteiger partial charge in [-0.25, -0.2) is 4.39 Å². The van der Waals surface area contributed by atoms with Crippen LogP contribution in [0.2, 0.25) is 5.02 Å². The standard InChI is InChI=1S/C8H9ClFNO/c9-6-3-5(8(12)4-11)1-2-7(6)10/h1-3,8,12H,4,11H2/t8-/m0/s1. The van der Waals surface area contributed by atoms with Crippen LogP contribution in [0, 0.1) is 5.82 Å². The van der Waals surface area contributed by atoms with Gasteiger partial charge in [-0.3, -0.25) is 0 Å². The molecule has 0 amide bonds. The Morgan fingerprint density at radius 3 is 2.75 bits per heavy atom. The highest BCUT2D eigenvalue weighted by molar-refractivity contribution is 6.30. The maximum atomic E-state index is 12.6. The van der Waals surface area contributed by atoms with Gasteiger partial charge in [0.1, 0.15) is 5.82 Å². The molecule has 1 aromatic carbocycles. The van der Waals surface area contributed by atoms with Crippen molar-refractivity contribution in [3.8, 4) is 0 Å². The van der Waals surface area contributed by atoms with Gasteiger partial charge < -0.3 is 10.8 Å². The second-order valence-corrected chi connectivity index (χ2v) is 2.83. The molecule has 0 saturated heterocycles. The van der Waals surface area contributed by atoms with E-state index in [1.807, 2.05) is 0 Å². The van der Waals surface area contributed by atoms with Crippen LogP contribution in [0.25, 0.3) is 0 Å². The Morgan fingerprint density at radius 1 is 1.58 bits per heavy atom. The van der Waals surface area contributed by atoms with E-state index < -0.39 is 11.9 Å². The second kappa shape index (κ2) is 3.85. The summed E-state index contributed by atoms with van der Waals surface area (Å²) in [6.07, 6.45) is -0.775. The molecule has 0 spiro atoms. The van der Waals surface area contributed by atoms with Crippen molar-refractivity contribution in [2.75, 3.05) is 6.54 Å². The van der Waals surface area contributed by atoms with E-state index in [-0.39, 0.29) is 11.6 Å². The molecule has 0 radical (unpaired) electrons. The van der Waals surface area contributed by atoms with Gasteiger partial charge in [0.25, 0.3) is 0 Å². The summed E-state index contributed by atoms with van der Waals surface area (Å²) < 4.78 is 12.6. The number of hydrogen-bond acceptors (Lipinski definition) is 2. The molecule has 12 heavy (non-hydrogen) atoms. The van der Waals surface area contributed by atoms with E-state index in [9.17, 15) is 9.50 Å². The van der Waals surface area contributed by atoms with Crippen LogP contribution in [0.3, 0.4) is 0 Å². The normalized spacial score (nSPS) is 13.0. The van der Waals surface area contributed by atoms with Crippen LogP contribution >= 0.6 is 11.6 Å². The Hall–Kier alpha value is -0.640. The molecule has 66 valence electrons. The van der Waals surface area contributed by atoms with E-state index in [1.54, 1.807) is 0 Å². The van der Waals surface area contributed by atoms with E-state index in [0.717, 1.165) is 0 Å². The Kier molecular flexibility index (Phi) is 3.03. The summed E-state index contributed by atoms with van der Waals surface area (Å²) in [5.74, 6) is -0.496. The molecule has 0 fully saturated rings. The molecule has 1 rings (SSSR count). The number of rotatable bonds is 2. The van der Waals surface area contributed by atoms with Gasteiger partial charge in [-0.2, -0.15) is 0 Å². The zero-order valence-electron chi connectivity index (χ0n) is 6.30. The first kappa shape index (κ1) is 9.45. The Bertz CT molecular complexity index is 280. The average molecular weight is 190 g/mol. The zero-order valence-corrected chi connectivity index (χ0v) is 7.05. The van der Waals surface area contributed by atoms with E-state index in [2.05, 4.69) is 0 Å². The van der Waals surface area contributed by atoms with Gasteiger partial charge in [0.05, 0.1) is 11.1 Å². The van der Waals surface area contributed by atoms with Gasteiger partial charge in [0.15, 0.2) is 0 Å². The number of benzene rings is 1. The molecule has 0 heterocycles. The lowest BCUT2D eigenvalue weighted by Crippen LogP contribution is -2.11. The molecule has 3 N–H and O–H groups in total. The number of nitrogens with two attached hydrogens (primary N) is 1. The monoisotopic (exact) mass is 189 g/mol. The fourth-order valence-corrected chi connectivity index (χ4v) is 1.04. The molecule has 0 saturated carbocycles. The van der Waals surface area contributed by atoms with Gasteiger partial charge in [-0.1, -0.05) is 17.7 Å². The number of halogens is 2. The zero-order chi connectivity index (χ0) is 9.14. The van der Waals surface area contributed by atoms with Gasteiger partial charge >= 0.3 is 0 Å². The molecule has 4 heteroatoms. The molecule has 0 aliphatic rings. The minimum absolute atomic E-state index is 0.000000000000000444. The minimum Gasteiger partial charge on any atom is -0.387 e. The highest BCUT2D eigenvalue weighted by Gasteiger charge is 2.07. The first-order chi connectivity index (χ1) is 5.65.